The molecule has 0 fully saturated rings. The molecule has 0 amide bonds. The van der Waals surface area contributed by atoms with E-state index in [9.17, 15) is 0 Å². The van der Waals surface area contributed by atoms with E-state index >= 15 is 0 Å². The minimum atomic E-state index is -1.85. The van der Waals surface area contributed by atoms with Gasteiger partial charge in [0.1, 0.15) is 0 Å². The van der Waals surface area contributed by atoms with Crippen molar-refractivity contribution < 1.29 is 18.4 Å². The lowest BCUT2D eigenvalue weighted by Gasteiger charge is -2.43. The highest BCUT2D eigenvalue weighted by molar-refractivity contribution is 6.74. The zero-order chi connectivity index (χ0) is 61.7. The summed E-state index contributed by atoms with van der Waals surface area (Å²) in [5.41, 5.74) is 20.0. The van der Waals surface area contributed by atoms with E-state index in [1.54, 1.807) is 0 Å². The third-order valence-electron chi connectivity index (χ3n) is 19.6. The number of rotatable bonds is 21. The first-order valence-corrected chi connectivity index (χ1v) is 37.0. The number of hydrogen-bond acceptors (Lipinski definition) is 4. The van der Waals surface area contributed by atoms with Crippen molar-refractivity contribution in [3.63, 3.8) is 0 Å². The maximum Gasteiger partial charge on any atom is 0.373 e. The minimum absolute atomic E-state index is 0.0109. The van der Waals surface area contributed by atoms with Crippen LogP contribution in [0.25, 0.3) is 11.1 Å². The van der Waals surface area contributed by atoms with Crippen molar-refractivity contribution in [2.24, 2.45) is 10.8 Å². The van der Waals surface area contributed by atoms with Crippen molar-refractivity contribution >= 4 is 22.8 Å². The van der Waals surface area contributed by atoms with Gasteiger partial charge in [-0.1, -0.05) is 221 Å². The molecule has 0 radical (unpaired) electrons. The summed E-state index contributed by atoms with van der Waals surface area (Å²) in [6, 6.07) is 38.0. The van der Waals surface area contributed by atoms with Gasteiger partial charge in [-0.3, -0.25) is 0 Å². The highest BCUT2D eigenvalue weighted by atomic mass is 28.4. The van der Waals surface area contributed by atoms with Gasteiger partial charge in [-0.05, 0) is 217 Å². The number of hydrogen-bond donors (Lipinski definition) is 0. The Hall–Kier alpha value is -4.17. The molecule has 0 heterocycles. The van der Waals surface area contributed by atoms with Crippen LogP contribution >= 0.6 is 0 Å². The molecule has 4 nitrogen and oxygen atoms in total. The number of benzene rings is 5. The molecule has 0 saturated carbocycles. The molecule has 0 saturated heterocycles. The standard InChI is InChI=1S/C41H62OSi.C33H54OSi.CO2/c1-14-17-32-18-20-34(21-19-32)37-26-25-36(29-31(37)5)41(15-2,16-3)35-24-22-33(30(4)28-35)23-27-38(39(6,7)8)42-43(12,13)40(9,10)11;1-14-33(15-2,28-19-16-24(3)25(4)22-28)29-20-17-27(26(5)23-29)18-21-30(31(6,7)8)34-35(12,13)32(9,10)11;2-1-3/h18-22,24-26,28-29,38H,14-17,23,27H2,1-13H3;16-17,19-20,22-23,30H,14-15,18,21H2,1-13H3;. The van der Waals surface area contributed by atoms with Gasteiger partial charge in [-0.15, -0.1) is 0 Å². The van der Waals surface area contributed by atoms with Crippen molar-refractivity contribution in [1.82, 2.24) is 0 Å². The Balaban J connectivity index is 0.000000413. The molecule has 448 valence electrons. The molecule has 0 spiro atoms. The zero-order valence-electron chi connectivity index (χ0n) is 56.6. The first kappa shape index (κ1) is 71.1. The van der Waals surface area contributed by atoms with Crippen LogP contribution in [0, 0.1) is 45.4 Å². The Bertz CT molecular complexity index is 2790. The van der Waals surface area contributed by atoms with Crippen molar-refractivity contribution in [2.75, 3.05) is 0 Å². The van der Waals surface area contributed by atoms with Crippen LogP contribution in [0.15, 0.2) is 97.1 Å². The lowest BCUT2D eigenvalue weighted by Crippen LogP contribution is -2.47. The SMILES string of the molecule is CCC(CC)(c1ccc(C)c(C)c1)c1ccc(CCC(O[Si](C)(C)C(C)(C)C)C(C)(C)C)c(C)c1.CCCc1ccc(-c2ccc(C(CC)(CC)c3ccc(CCC(O[Si](C)(C)C(C)(C)C)C(C)(C)C)c(C)c3)cc2C)cc1.O=C=O. The second kappa shape index (κ2) is 29.1. The Morgan fingerprint density at radius 3 is 1.05 bits per heavy atom. The summed E-state index contributed by atoms with van der Waals surface area (Å²) >= 11 is 0. The lowest BCUT2D eigenvalue weighted by molar-refractivity contribution is -0.191. The fourth-order valence-electron chi connectivity index (χ4n) is 11.5. The molecule has 0 aliphatic heterocycles. The maximum atomic E-state index is 8.12. The van der Waals surface area contributed by atoms with E-state index < -0.39 is 16.6 Å². The molecule has 5 aromatic rings. The Kier molecular flexibility index (Phi) is 25.5. The molecule has 2 unspecified atom stereocenters. The Labute approximate surface area is 500 Å². The Morgan fingerprint density at radius 1 is 0.420 bits per heavy atom. The second-order valence-corrected chi connectivity index (χ2v) is 38.8. The highest BCUT2D eigenvalue weighted by Gasteiger charge is 2.43. The minimum Gasteiger partial charge on any atom is -0.413 e. The zero-order valence-corrected chi connectivity index (χ0v) is 58.6. The van der Waals surface area contributed by atoms with Gasteiger partial charge in [0, 0.05) is 10.8 Å². The second-order valence-electron chi connectivity index (χ2n) is 29.3. The molecule has 5 aromatic carbocycles. The summed E-state index contributed by atoms with van der Waals surface area (Å²) < 4.78 is 14.0. The van der Waals surface area contributed by atoms with Gasteiger partial charge in [0.2, 0.25) is 0 Å². The van der Waals surface area contributed by atoms with Gasteiger partial charge in [-0.2, -0.15) is 9.59 Å². The smallest absolute Gasteiger partial charge is 0.373 e. The van der Waals surface area contributed by atoms with Crippen LogP contribution < -0.4 is 0 Å². The van der Waals surface area contributed by atoms with Gasteiger partial charge in [0.15, 0.2) is 16.6 Å². The third-order valence-corrected chi connectivity index (χ3v) is 28.6. The van der Waals surface area contributed by atoms with Crippen LogP contribution in [0.5, 0.6) is 0 Å². The quantitative estimate of drug-likeness (QED) is 0.0687. The summed E-state index contributed by atoms with van der Waals surface area (Å²) in [4.78, 5) is 16.2. The fourth-order valence-corrected chi connectivity index (χ4v) is 14.5. The third kappa shape index (κ3) is 18.2. The van der Waals surface area contributed by atoms with E-state index in [1.807, 2.05) is 0 Å². The van der Waals surface area contributed by atoms with Crippen LogP contribution in [0.4, 0.5) is 0 Å². The lowest BCUT2D eigenvalue weighted by atomic mass is 9.69. The van der Waals surface area contributed by atoms with Crippen molar-refractivity contribution in [1.29, 1.82) is 0 Å². The summed E-state index contributed by atoms with van der Waals surface area (Å²) in [6.07, 6.45) is 11.7. The molecule has 6 heteroatoms. The molecular weight excluding hydrogens is 1020 g/mol. The molecule has 5 rings (SSSR count). The van der Waals surface area contributed by atoms with Crippen LogP contribution in [-0.4, -0.2) is 35.0 Å². The van der Waals surface area contributed by atoms with Crippen molar-refractivity contribution in [3.05, 3.63) is 164 Å². The average Bonchev–Trinajstić information content (AvgIpc) is 3.36. The molecule has 0 aliphatic carbocycles. The normalized spacial score (nSPS) is 13.6. The molecule has 0 aromatic heterocycles. The van der Waals surface area contributed by atoms with Crippen LogP contribution in [0.1, 0.15) is 229 Å². The Morgan fingerprint density at radius 2 is 0.753 bits per heavy atom. The van der Waals surface area contributed by atoms with Gasteiger partial charge >= 0.3 is 6.15 Å². The fraction of sp³-hybridized carbons (Fsp3) is 0.587. The average molecular weight is 1140 g/mol. The van der Waals surface area contributed by atoms with Gasteiger partial charge < -0.3 is 8.85 Å². The first-order chi connectivity index (χ1) is 37.4. The predicted molar refractivity (Wildman–Crippen MR) is 356 cm³/mol. The largest absolute Gasteiger partial charge is 0.413 e. The van der Waals surface area contributed by atoms with E-state index in [-0.39, 0.29) is 50.1 Å². The monoisotopic (exact) mass is 1140 g/mol. The predicted octanol–water partition coefficient (Wildman–Crippen LogP) is 21.9. The highest BCUT2D eigenvalue weighted by Crippen LogP contribution is 2.45. The van der Waals surface area contributed by atoms with E-state index in [2.05, 4.69) is 276 Å². The van der Waals surface area contributed by atoms with Crippen LogP contribution in [0.2, 0.25) is 36.3 Å². The first-order valence-electron chi connectivity index (χ1n) is 31.2. The number of carbonyl (C=O) groups excluding carboxylic acids is 2. The molecule has 0 bridgehead atoms. The molecule has 81 heavy (non-hydrogen) atoms. The van der Waals surface area contributed by atoms with Gasteiger partial charge in [0.25, 0.3) is 0 Å². The summed E-state index contributed by atoms with van der Waals surface area (Å²) in [6.45, 7) is 60.6. The number of aryl methyl sites for hydroxylation is 8. The van der Waals surface area contributed by atoms with E-state index in [0.29, 0.717) is 0 Å². The summed E-state index contributed by atoms with van der Waals surface area (Å²) in [7, 11) is -3.67. The van der Waals surface area contributed by atoms with Gasteiger partial charge in [0.05, 0.1) is 12.2 Å². The topological polar surface area (TPSA) is 52.6 Å². The summed E-state index contributed by atoms with van der Waals surface area (Å²) in [5, 5.41) is 0.444. The molecule has 0 N–H and O–H groups in total. The molecule has 2 atom stereocenters. The van der Waals surface area contributed by atoms with Crippen molar-refractivity contribution in [3.8, 4) is 11.1 Å². The van der Waals surface area contributed by atoms with Crippen LogP contribution in [-0.2, 0) is 48.5 Å². The maximum absolute atomic E-state index is 8.12. The van der Waals surface area contributed by atoms with Crippen LogP contribution in [0.3, 0.4) is 0 Å². The molecular formula is C75H116O4Si2. The van der Waals surface area contributed by atoms with E-state index in [1.165, 1.54) is 84.3 Å². The van der Waals surface area contributed by atoms with Crippen molar-refractivity contribution in [2.45, 2.75) is 276 Å². The summed E-state index contributed by atoms with van der Waals surface area (Å²) in [5.74, 6) is 0. The molecule has 0 aliphatic rings. The van der Waals surface area contributed by atoms with E-state index in [0.717, 1.165) is 57.8 Å². The van der Waals surface area contributed by atoms with Gasteiger partial charge in [-0.25, -0.2) is 0 Å². The van der Waals surface area contributed by atoms with E-state index in [4.69, 9.17) is 18.4 Å².